The van der Waals surface area contributed by atoms with E-state index >= 15 is 0 Å². The second-order valence-electron chi connectivity index (χ2n) is 5.18. The van der Waals surface area contributed by atoms with Gasteiger partial charge in [-0.3, -0.25) is 0 Å². The van der Waals surface area contributed by atoms with Gasteiger partial charge in [0.05, 0.1) is 0 Å². The summed E-state index contributed by atoms with van der Waals surface area (Å²) < 4.78 is 13.8. The van der Waals surface area contributed by atoms with Crippen molar-refractivity contribution in [1.29, 1.82) is 0 Å². The van der Waals surface area contributed by atoms with Crippen molar-refractivity contribution >= 4 is 17.8 Å². The molecular weight excluding hydrogens is 314 g/mol. The van der Waals surface area contributed by atoms with Crippen molar-refractivity contribution in [3.63, 3.8) is 0 Å². The van der Waals surface area contributed by atoms with Crippen LogP contribution in [0.5, 0.6) is 5.75 Å². The van der Waals surface area contributed by atoms with E-state index in [1.807, 2.05) is 66.7 Å². The molecule has 110 valence electrons. The van der Waals surface area contributed by atoms with Crippen molar-refractivity contribution in [2.45, 2.75) is 6.16 Å². The molecule has 3 rings (SSSR count). The Hall–Kier alpha value is -1.31. The third kappa shape index (κ3) is 3.97. The van der Waals surface area contributed by atoms with Gasteiger partial charge in [-0.2, -0.15) is 0 Å². The maximum atomic E-state index is 13.8. The summed E-state index contributed by atoms with van der Waals surface area (Å²) in [7, 11) is -2.87. The maximum absolute atomic E-state index is 13.8. The molecule has 0 bridgehead atoms. The first kappa shape index (κ1) is 18.0. The molecule has 0 heterocycles. The number of hydrogen-bond acceptors (Lipinski definition) is 2. The summed E-state index contributed by atoms with van der Waals surface area (Å²) in [5.74, 6) is -0.0606. The molecule has 3 aromatic carbocycles. The van der Waals surface area contributed by atoms with E-state index in [0.717, 1.165) is 10.6 Å². The Morgan fingerprint density at radius 1 is 0.696 bits per heavy atom. The summed E-state index contributed by atoms with van der Waals surface area (Å²) in [6, 6.07) is 25.7. The first-order valence-corrected chi connectivity index (χ1v) is 9.04. The van der Waals surface area contributed by atoms with E-state index in [0.29, 0.717) is 5.56 Å². The predicted octanol–water partition coefficient (Wildman–Crippen LogP) is 0.278. The van der Waals surface area contributed by atoms with Gasteiger partial charge in [0.15, 0.2) is 0 Å². The van der Waals surface area contributed by atoms with Crippen LogP contribution in [-0.4, -0.2) is 0 Å². The first-order valence-electron chi connectivity index (χ1n) is 7.15. The fourth-order valence-corrected chi connectivity index (χ4v) is 5.26. The molecule has 0 aliphatic heterocycles. The van der Waals surface area contributed by atoms with Gasteiger partial charge in [0.25, 0.3) is 0 Å². The molecule has 23 heavy (non-hydrogen) atoms. The molecule has 0 aromatic heterocycles. The molecule has 0 unspecified atom stereocenters. The van der Waals surface area contributed by atoms with Gasteiger partial charge in [0, 0.05) is 16.8 Å². The van der Waals surface area contributed by atoms with Crippen LogP contribution in [0.2, 0.25) is 0 Å². The summed E-state index contributed by atoms with van der Waals surface area (Å²) in [6.07, 6.45) is 0.251. The smallest absolute Gasteiger partial charge is 0.872 e. The van der Waals surface area contributed by atoms with Crippen LogP contribution < -0.4 is 45.3 Å². The van der Waals surface area contributed by atoms with Crippen molar-refractivity contribution in [3.05, 3.63) is 90.5 Å². The normalized spacial score (nSPS) is 10.8. The molecule has 0 fully saturated rings. The average molecular weight is 330 g/mol. The van der Waals surface area contributed by atoms with E-state index in [1.165, 1.54) is 6.07 Å². The van der Waals surface area contributed by atoms with Crippen LogP contribution in [0, 0.1) is 0 Å². The Balaban J connectivity index is 0.00000192. The molecule has 2 nitrogen and oxygen atoms in total. The van der Waals surface area contributed by atoms with Crippen molar-refractivity contribution in [1.82, 2.24) is 0 Å². The van der Waals surface area contributed by atoms with Crippen LogP contribution in [0.4, 0.5) is 0 Å². The molecule has 4 heteroatoms. The van der Waals surface area contributed by atoms with Gasteiger partial charge in [-0.05, 0) is 5.56 Å². The molecule has 0 aliphatic rings. The standard InChI is InChI=1S/C19H17O2P.Na/c20-19-14-8-7-9-16(19)15-22(21,17-10-3-1-4-11-17)18-12-5-2-6-13-18;/h1-14,20H,15H2;/q;+1/p-1. The molecule has 0 saturated carbocycles. The predicted molar refractivity (Wildman–Crippen MR) is 89.4 cm³/mol. The fourth-order valence-electron chi connectivity index (χ4n) is 2.54. The Morgan fingerprint density at radius 2 is 1.13 bits per heavy atom. The largest absolute Gasteiger partial charge is 1.00 e. The van der Waals surface area contributed by atoms with E-state index in [4.69, 9.17) is 0 Å². The van der Waals surface area contributed by atoms with Gasteiger partial charge < -0.3 is 9.67 Å². The molecular formula is C19H16NaO2P. The van der Waals surface area contributed by atoms with Crippen LogP contribution in [-0.2, 0) is 10.7 Å². The molecule has 0 atom stereocenters. The maximum Gasteiger partial charge on any atom is 1.00 e. The third-order valence-electron chi connectivity index (χ3n) is 3.71. The summed E-state index contributed by atoms with van der Waals surface area (Å²) in [6.45, 7) is 0. The molecule has 0 radical (unpaired) electrons. The van der Waals surface area contributed by atoms with Gasteiger partial charge in [0.2, 0.25) is 0 Å². The van der Waals surface area contributed by atoms with E-state index in [1.54, 1.807) is 12.1 Å². The van der Waals surface area contributed by atoms with Crippen molar-refractivity contribution < 1.29 is 39.2 Å². The molecule has 0 amide bonds. The second-order valence-corrected chi connectivity index (χ2v) is 8.01. The van der Waals surface area contributed by atoms with Gasteiger partial charge >= 0.3 is 29.6 Å². The Labute approximate surface area is 158 Å². The molecule has 0 spiro atoms. The van der Waals surface area contributed by atoms with Crippen molar-refractivity contribution in [3.8, 4) is 5.75 Å². The topological polar surface area (TPSA) is 40.1 Å². The summed E-state index contributed by atoms with van der Waals surface area (Å²) in [5, 5.41) is 13.6. The van der Waals surface area contributed by atoms with Gasteiger partial charge in [-0.15, -0.1) is 5.75 Å². The van der Waals surface area contributed by atoms with Crippen molar-refractivity contribution in [2.75, 3.05) is 0 Å². The van der Waals surface area contributed by atoms with Crippen LogP contribution in [0.15, 0.2) is 84.9 Å². The zero-order chi connectivity index (χ0) is 15.4. The first-order chi connectivity index (χ1) is 10.7. The zero-order valence-electron chi connectivity index (χ0n) is 13.1. The van der Waals surface area contributed by atoms with Crippen LogP contribution >= 0.6 is 7.14 Å². The van der Waals surface area contributed by atoms with Gasteiger partial charge in [-0.25, -0.2) is 0 Å². The number of benzene rings is 3. The van der Waals surface area contributed by atoms with Crippen LogP contribution in [0.25, 0.3) is 0 Å². The van der Waals surface area contributed by atoms with Crippen LogP contribution in [0.3, 0.4) is 0 Å². The van der Waals surface area contributed by atoms with Crippen molar-refractivity contribution in [2.24, 2.45) is 0 Å². The summed E-state index contributed by atoms with van der Waals surface area (Å²) >= 11 is 0. The number of hydrogen-bond donors (Lipinski definition) is 0. The molecule has 0 saturated heterocycles. The molecule has 0 aliphatic carbocycles. The Morgan fingerprint density at radius 3 is 1.61 bits per heavy atom. The molecule has 3 aromatic rings. The second kappa shape index (κ2) is 7.99. The van der Waals surface area contributed by atoms with Gasteiger partial charge in [0.1, 0.15) is 7.14 Å². The van der Waals surface area contributed by atoms with E-state index in [9.17, 15) is 9.67 Å². The minimum Gasteiger partial charge on any atom is -0.872 e. The Kier molecular flexibility index (Phi) is 6.26. The van der Waals surface area contributed by atoms with E-state index in [2.05, 4.69) is 0 Å². The van der Waals surface area contributed by atoms with E-state index < -0.39 is 7.14 Å². The number of rotatable bonds is 4. The summed E-state index contributed by atoms with van der Waals surface area (Å²) in [5.41, 5.74) is 0.596. The van der Waals surface area contributed by atoms with Crippen LogP contribution in [0.1, 0.15) is 5.56 Å². The zero-order valence-corrected chi connectivity index (χ0v) is 15.9. The molecule has 0 N–H and O–H groups in total. The minimum atomic E-state index is -2.87. The third-order valence-corrected chi connectivity index (χ3v) is 6.76. The average Bonchev–Trinajstić information content (AvgIpc) is 2.58. The van der Waals surface area contributed by atoms with E-state index in [-0.39, 0.29) is 41.5 Å². The minimum absolute atomic E-state index is 0. The SMILES string of the molecule is O=P(Cc1ccccc1[O-])(c1ccccc1)c1ccccc1.[Na+]. The Bertz CT molecular complexity index is 760. The summed E-state index contributed by atoms with van der Waals surface area (Å²) in [4.78, 5) is 0. The number of para-hydroxylation sites is 1. The quantitative estimate of drug-likeness (QED) is 0.509. The van der Waals surface area contributed by atoms with Gasteiger partial charge in [-0.1, -0.05) is 84.9 Å². The fraction of sp³-hybridized carbons (Fsp3) is 0.0526. The monoisotopic (exact) mass is 330 g/mol.